The van der Waals surface area contributed by atoms with Gasteiger partial charge in [-0.1, -0.05) is 18.2 Å². The van der Waals surface area contributed by atoms with E-state index in [9.17, 15) is 19.1 Å². The Labute approximate surface area is 132 Å². The third-order valence-corrected chi connectivity index (χ3v) is 3.18. The molecule has 0 radical (unpaired) electrons. The molecule has 0 amide bonds. The number of para-hydroxylation sites is 1. The predicted octanol–water partition coefficient (Wildman–Crippen LogP) is 3.03. The molecule has 0 saturated carbocycles. The minimum absolute atomic E-state index is 0.0308. The van der Waals surface area contributed by atoms with Gasteiger partial charge in [0.25, 0.3) is 0 Å². The highest BCUT2D eigenvalue weighted by molar-refractivity contribution is 5.79. The van der Waals surface area contributed by atoms with Crippen LogP contribution in [-0.4, -0.2) is 16.7 Å². The van der Waals surface area contributed by atoms with Gasteiger partial charge in [0, 0.05) is 11.1 Å². The van der Waals surface area contributed by atoms with E-state index >= 15 is 0 Å². The average Bonchev–Trinajstić information content (AvgIpc) is 2.45. The third-order valence-electron chi connectivity index (χ3n) is 3.18. The van der Waals surface area contributed by atoms with Gasteiger partial charge in [-0.2, -0.15) is 14.0 Å². The van der Waals surface area contributed by atoms with Crippen LogP contribution < -0.4 is 10.5 Å². The minimum Gasteiger partial charge on any atom is -0.434 e. The molecule has 0 spiro atoms. The summed E-state index contributed by atoms with van der Waals surface area (Å²) < 4.78 is 29.7. The Kier molecular flexibility index (Phi) is 4.48. The second kappa shape index (κ2) is 6.18. The van der Waals surface area contributed by atoms with Gasteiger partial charge >= 0.3 is 6.61 Å². The minimum atomic E-state index is -3.00. The van der Waals surface area contributed by atoms with Gasteiger partial charge in [0.1, 0.15) is 28.8 Å². The van der Waals surface area contributed by atoms with Crippen molar-refractivity contribution < 1.29 is 18.6 Å². The highest BCUT2D eigenvalue weighted by atomic mass is 19.3. The zero-order valence-corrected chi connectivity index (χ0v) is 12.5. The van der Waals surface area contributed by atoms with Crippen molar-refractivity contribution in [2.75, 3.05) is 5.73 Å². The number of halogens is 2. The number of hydrogen-bond acceptors (Lipinski definition) is 5. The van der Waals surface area contributed by atoms with Crippen molar-refractivity contribution in [3.05, 3.63) is 41.6 Å². The fourth-order valence-electron chi connectivity index (χ4n) is 2.10. The predicted molar refractivity (Wildman–Crippen MR) is 80.7 cm³/mol. The Hall–Kier alpha value is -2.72. The number of pyridine rings is 1. The normalized spacial score (nSPS) is 11.3. The molecule has 1 heterocycles. The first kappa shape index (κ1) is 16.6. The maximum absolute atomic E-state index is 12.6. The van der Waals surface area contributed by atoms with Crippen molar-refractivity contribution in [2.24, 2.45) is 0 Å². The molecule has 0 bridgehead atoms. The number of nitrogens with two attached hydrogens (primary N) is 1. The van der Waals surface area contributed by atoms with Crippen LogP contribution in [0.4, 0.5) is 14.6 Å². The van der Waals surface area contributed by atoms with Crippen molar-refractivity contribution >= 4 is 5.82 Å². The maximum atomic E-state index is 12.6. The summed E-state index contributed by atoms with van der Waals surface area (Å²) in [5, 5.41) is 19.4. The van der Waals surface area contributed by atoms with E-state index in [-0.39, 0.29) is 34.0 Å². The molecule has 5 nitrogen and oxygen atoms in total. The largest absolute Gasteiger partial charge is 0.434 e. The van der Waals surface area contributed by atoms with Gasteiger partial charge in [0.2, 0.25) is 0 Å². The van der Waals surface area contributed by atoms with Crippen LogP contribution in [0.5, 0.6) is 5.75 Å². The highest BCUT2D eigenvalue weighted by Crippen LogP contribution is 2.36. The molecule has 23 heavy (non-hydrogen) atoms. The van der Waals surface area contributed by atoms with Crippen LogP contribution in [0, 0.1) is 11.3 Å². The number of aromatic nitrogens is 1. The van der Waals surface area contributed by atoms with Gasteiger partial charge in [-0.15, -0.1) is 0 Å². The summed E-state index contributed by atoms with van der Waals surface area (Å²) in [5.41, 5.74) is 5.26. The Morgan fingerprint density at radius 1 is 1.30 bits per heavy atom. The number of aliphatic hydroxyl groups is 1. The molecule has 0 aliphatic rings. The Morgan fingerprint density at radius 2 is 1.96 bits per heavy atom. The standard InChI is InChI=1S/C16H15F2N3O2/c1-16(2,22)13-7-10(11(8-19)14(20)21-13)9-5-3-4-6-12(9)23-15(17)18/h3-7,15,22H,1-2H3,(H2,20,21). The molecule has 0 saturated heterocycles. The molecule has 0 aliphatic carbocycles. The lowest BCUT2D eigenvalue weighted by molar-refractivity contribution is -0.0494. The lowest BCUT2D eigenvalue weighted by Crippen LogP contribution is -2.19. The van der Waals surface area contributed by atoms with E-state index < -0.39 is 12.2 Å². The second-order valence-electron chi connectivity index (χ2n) is 5.36. The zero-order chi connectivity index (χ0) is 17.2. The summed E-state index contributed by atoms with van der Waals surface area (Å²) in [6.45, 7) is 0.00725. The monoisotopic (exact) mass is 319 g/mol. The fourth-order valence-corrected chi connectivity index (χ4v) is 2.10. The van der Waals surface area contributed by atoms with Crippen LogP contribution in [0.25, 0.3) is 11.1 Å². The Balaban J connectivity index is 2.73. The van der Waals surface area contributed by atoms with Gasteiger partial charge in [-0.3, -0.25) is 0 Å². The maximum Gasteiger partial charge on any atom is 0.387 e. The van der Waals surface area contributed by atoms with Gasteiger partial charge in [0.05, 0.1) is 5.69 Å². The summed E-state index contributed by atoms with van der Waals surface area (Å²) >= 11 is 0. The molecule has 0 unspecified atom stereocenters. The molecule has 7 heteroatoms. The van der Waals surface area contributed by atoms with E-state index in [1.54, 1.807) is 6.07 Å². The number of hydrogen-bond donors (Lipinski definition) is 2. The summed E-state index contributed by atoms with van der Waals surface area (Å²) in [6.07, 6.45) is 0. The molecular formula is C16H15F2N3O2. The van der Waals surface area contributed by atoms with E-state index in [1.807, 2.05) is 6.07 Å². The lowest BCUT2D eigenvalue weighted by atomic mass is 9.95. The van der Waals surface area contributed by atoms with Crippen LogP contribution in [0.1, 0.15) is 25.1 Å². The van der Waals surface area contributed by atoms with Crippen LogP contribution in [0.2, 0.25) is 0 Å². The fraction of sp³-hybridized carbons (Fsp3) is 0.250. The molecule has 0 atom stereocenters. The second-order valence-corrected chi connectivity index (χ2v) is 5.36. The van der Waals surface area contributed by atoms with Crippen molar-refractivity contribution in [3.8, 4) is 22.9 Å². The molecule has 0 fully saturated rings. The van der Waals surface area contributed by atoms with Crippen LogP contribution >= 0.6 is 0 Å². The summed E-state index contributed by atoms with van der Waals surface area (Å²) in [7, 11) is 0. The SMILES string of the molecule is CC(C)(O)c1cc(-c2ccccc2OC(F)F)c(C#N)c(N)n1. The Morgan fingerprint density at radius 3 is 2.52 bits per heavy atom. The number of ether oxygens (including phenoxy) is 1. The van der Waals surface area contributed by atoms with E-state index in [0.717, 1.165) is 0 Å². The Bertz CT molecular complexity index is 765. The van der Waals surface area contributed by atoms with E-state index in [1.165, 1.54) is 38.1 Å². The van der Waals surface area contributed by atoms with E-state index in [4.69, 9.17) is 5.73 Å². The molecule has 1 aromatic carbocycles. The molecule has 2 rings (SSSR count). The number of benzene rings is 1. The van der Waals surface area contributed by atoms with Crippen molar-refractivity contribution in [2.45, 2.75) is 26.1 Å². The first-order chi connectivity index (χ1) is 10.7. The average molecular weight is 319 g/mol. The third kappa shape index (κ3) is 3.55. The van der Waals surface area contributed by atoms with Crippen LogP contribution in [-0.2, 0) is 5.60 Å². The summed E-state index contributed by atoms with van der Waals surface area (Å²) in [5.74, 6) is -0.180. The lowest BCUT2D eigenvalue weighted by Gasteiger charge is -2.20. The number of alkyl halides is 2. The first-order valence-electron chi connectivity index (χ1n) is 6.71. The van der Waals surface area contributed by atoms with Gasteiger partial charge < -0.3 is 15.6 Å². The summed E-state index contributed by atoms with van der Waals surface area (Å²) in [6, 6.07) is 9.41. The van der Waals surface area contributed by atoms with Crippen molar-refractivity contribution in [1.29, 1.82) is 5.26 Å². The van der Waals surface area contributed by atoms with Gasteiger partial charge in [-0.05, 0) is 26.0 Å². The first-order valence-corrected chi connectivity index (χ1v) is 6.71. The van der Waals surface area contributed by atoms with E-state index in [0.29, 0.717) is 0 Å². The van der Waals surface area contributed by atoms with Crippen LogP contribution in [0.15, 0.2) is 30.3 Å². The highest BCUT2D eigenvalue weighted by Gasteiger charge is 2.23. The molecule has 3 N–H and O–H groups in total. The number of nitrogen functional groups attached to an aromatic ring is 1. The molecular weight excluding hydrogens is 304 g/mol. The number of rotatable bonds is 4. The quantitative estimate of drug-likeness (QED) is 0.903. The zero-order valence-electron chi connectivity index (χ0n) is 12.5. The molecule has 0 aliphatic heterocycles. The molecule has 1 aromatic heterocycles. The van der Waals surface area contributed by atoms with Crippen LogP contribution in [0.3, 0.4) is 0 Å². The smallest absolute Gasteiger partial charge is 0.387 e. The van der Waals surface area contributed by atoms with E-state index in [2.05, 4.69) is 9.72 Å². The van der Waals surface area contributed by atoms with Gasteiger partial charge in [-0.25, -0.2) is 4.98 Å². The van der Waals surface area contributed by atoms with Gasteiger partial charge in [0.15, 0.2) is 0 Å². The van der Waals surface area contributed by atoms with Crippen molar-refractivity contribution in [1.82, 2.24) is 4.98 Å². The molecule has 120 valence electrons. The van der Waals surface area contributed by atoms with Crippen molar-refractivity contribution in [3.63, 3.8) is 0 Å². The topological polar surface area (TPSA) is 92.2 Å². The summed E-state index contributed by atoms with van der Waals surface area (Å²) in [4.78, 5) is 4.01. The molecule has 2 aromatic rings. The number of nitriles is 1. The number of anilines is 1. The number of nitrogens with zero attached hydrogens (tertiary/aromatic N) is 2.